The number of hydrazone groups is 1. The van der Waals surface area contributed by atoms with Crippen LogP contribution in [0.5, 0.6) is 5.75 Å². The van der Waals surface area contributed by atoms with Crippen LogP contribution < -0.4 is 15.9 Å². The number of aromatic nitrogens is 5. The molecule has 0 spiro atoms. The summed E-state index contributed by atoms with van der Waals surface area (Å²) in [6.07, 6.45) is 0. The van der Waals surface area contributed by atoms with Crippen molar-refractivity contribution in [3.63, 3.8) is 0 Å². The first-order valence-corrected chi connectivity index (χ1v) is 10.1. The van der Waals surface area contributed by atoms with E-state index < -0.39 is 5.91 Å². The number of nitrogen functional groups attached to an aromatic ring is 1. The third kappa shape index (κ3) is 4.36. The Bertz CT molecular complexity index is 1370. The van der Waals surface area contributed by atoms with E-state index in [9.17, 15) is 4.79 Å². The van der Waals surface area contributed by atoms with Crippen molar-refractivity contribution >= 4 is 40.6 Å². The van der Waals surface area contributed by atoms with Crippen molar-refractivity contribution in [2.75, 3.05) is 12.8 Å². The molecule has 2 aromatic heterocycles. The number of nitrogens with zero attached hydrogens (tertiary/aromatic N) is 6. The molecular weight excluding hydrogens is 471 g/mol. The number of benzene rings is 2. The molecule has 4 rings (SSSR count). The van der Waals surface area contributed by atoms with E-state index in [2.05, 4.69) is 35.8 Å². The molecule has 0 bridgehead atoms. The Balaban J connectivity index is 1.74. The molecule has 2 heterocycles. The Morgan fingerprint density at radius 3 is 2.67 bits per heavy atom. The minimum atomic E-state index is -0.633. The number of nitrogens with two attached hydrogens (primary N) is 1. The number of rotatable bonds is 6. The number of ether oxygens (including phenoxy) is 1. The molecule has 11 nitrogen and oxygen atoms in total. The number of methoxy groups -OCH3 is 1. The summed E-state index contributed by atoms with van der Waals surface area (Å²) in [5, 5.41) is 20.1. The van der Waals surface area contributed by atoms with Crippen molar-refractivity contribution < 1.29 is 14.2 Å². The molecule has 168 valence electrons. The standard InChI is InChI=1S/C20H16Cl2N8O3/c1-10(12-5-3-4-6-15(12)32-2)24-26-20(31)16-17(11-7-8-13(21)14(22)9-11)30(29-25-16)19-18(23)27-33-28-19/h3-9H,1-2H3,(H2,23,27)(H,26,31). The molecule has 0 radical (unpaired) electrons. The molecule has 0 saturated heterocycles. The van der Waals surface area contributed by atoms with E-state index in [1.54, 1.807) is 38.3 Å². The van der Waals surface area contributed by atoms with E-state index in [1.807, 2.05) is 18.2 Å². The molecule has 0 aliphatic carbocycles. The van der Waals surface area contributed by atoms with Gasteiger partial charge in [0.15, 0.2) is 5.69 Å². The van der Waals surface area contributed by atoms with Gasteiger partial charge in [0.05, 0.1) is 22.9 Å². The number of halogens is 2. The summed E-state index contributed by atoms with van der Waals surface area (Å²) in [6.45, 7) is 1.73. The number of carbonyl (C=O) groups is 1. The van der Waals surface area contributed by atoms with Crippen LogP contribution in [0.3, 0.4) is 0 Å². The molecule has 0 fully saturated rings. The van der Waals surface area contributed by atoms with E-state index in [0.29, 0.717) is 22.0 Å². The lowest BCUT2D eigenvalue weighted by atomic mass is 10.1. The van der Waals surface area contributed by atoms with E-state index in [4.69, 9.17) is 33.7 Å². The smallest absolute Gasteiger partial charge is 0.294 e. The van der Waals surface area contributed by atoms with Crippen LogP contribution in [0.4, 0.5) is 5.82 Å². The highest BCUT2D eigenvalue weighted by Crippen LogP contribution is 2.31. The van der Waals surface area contributed by atoms with Crippen molar-refractivity contribution in [2.24, 2.45) is 5.10 Å². The summed E-state index contributed by atoms with van der Waals surface area (Å²) in [4.78, 5) is 13.0. The van der Waals surface area contributed by atoms with Gasteiger partial charge >= 0.3 is 0 Å². The van der Waals surface area contributed by atoms with Crippen molar-refractivity contribution in [2.45, 2.75) is 6.92 Å². The molecule has 0 atom stereocenters. The van der Waals surface area contributed by atoms with Gasteiger partial charge in [-0.25, -0.2) is 10.1 Å². The molecule has 0 unspecified atom stereocenters. The molecule has 0 aliphatic heterocycles. The lowest BCUT2D eigenvalue weighted by Crippen LogP contribution is -2.21. The van der Waals surface area contributed by atoms with Crippen LogP contribution in [0, 0.1) is 0 Å². The van der Waals surface area contributed by atoms with Crippen molar-refractivity contribution in [1.82, 2.24) is 30.7 Å². The summed E-state index contributed by atoms with van der Waals surface area (Å²) in [5.74, 6) is -0.00873. The maximum absolute atomic E-state index is 13.0. The van der Waals surface area contributed by atoms with Crippen molar-refractivity contribution in [3.05, 3.63) is 63.8 Å². The molecule has 0 aliphatic rings. The molecular formula is C20H16Cl2N8O3. The van der Waals surface area contributed by atoms with Gasteiger partial charge in [0, 0.05) is 11.1 Å². The minimum absolute atomic E-state index is 0.0433. The number of hydrogen-bond donors (Lipinski definition) is 2. The second kappa shape index (κ2) is 9.27. The number of nitrogens with one attached hydrogen (secondary N) is 1. The Morgan fingerprint density at radius 1 is 1.18 bits per heavy atom. The minimum Gasteiger partial charge on any atom is -0.496 e. The fourth-order valence-electron chi connectivity index (χ4n) is 3.01. The summed E-state index contributed by atoms with van der Waals surface area (Å²) in [5.41, 5.74) is 10.2. The van der Waals surface area contributed by atoms with Crippen molar-refractivity contribution in [1.29, 1.82) is 0 Å². The SMILES string of the molecule is COc1ccccc1C(C)=NNC(=O)c1nnn(-c2nonc2N)c1-c1ccc(Cl)c(Cl)c1. The fraction of sp³-hybridized carbons (Fsp3) is 0.100. The molecule has 33 heavy (non-hydrogen) atoms. The summed E-state index contributed by atoms with van der Waals surface area (Å²) in [6, 6.07) is 12.1. The highest BCUT2D eigenvalue weighted by Gasteiger charge is 2.25. The second-order valence-electron chi connectivity index (χ2n) is 6.64. The van der Waals surface area contributed by atoms with Gasteiger partial charge in [-0.05, 0) is 41.5 Å². The van der Waals surface area contributed by atoms with Crippen LogP contribution in [0.25, 0.3) is 17.1 Å². The molecule has 13 heteroatoms. The third-order valence-electron chi connectivity index (χ3n) is 4.60. The summed E-state index contributed by atoms with van der Waals surface area (Å²) < 4.78 is 11.2. The number of amides is 1. The summed E-state index contributed by atoms with van der Waals surface area (Å²) >= 11 is 12.2. The van der Waals surface area contributed by atoms with E-state index >= 15 is 0 Å². The van der Waals surface area contributed by atoms with Crippen LogP contribution >= 0.6 is 23.2 Å². The third-order valence-corrected chi connectivity index (χ3v) is 5.34. The Labute approximate surface area is 197 Å². The first kappa shape index (κ1) is 22.2. The van der Waals surface area contributed by atoms with Gasteiger partial charge in [-0.2, -0.15) is 9.78 Å². The van der Waals surface area contributed by atoms with Gasteiger partial charge in [-0.15, -0.1) is 5.10 Å². The van der Waals surface area contributed by atoms with Crippen LogP contribution in [-0.4, -0.2) is 44.0 Å². The maximum Gasteiger partial charge on any atom is 0.294 e. The predicted octanol–water partition coefficient (Wildman–Crippen LogP) is 3.37. The molecule has 0 saturated carbocycles. The van der Waals surface area contributed by atoms with Gasteiger partial charge in [-0.3, -0.25) is 4.79 Å². The number of para-hydroxylation sites is 1. The van der Waals surface area contributed by atoms with Gasteiger partial charge in [0.2, 0.25) is 11.6 Å². The monoisotopic (exact) mass is 486 g/mol. The highest BCUT2D eigenvalue weighted by atomic mass is 35.5. The van der Waals surface area contributed by atoms with Crippen LogP contribution in [0.2, 0.25) is 10.0 Å². The van der Waals surface area contributed by atoms with E-state index in [0.717, 1.165) is 5.56 Å². The Kier molecular flexibility index (Phi) is 6.24. The summed E-state index contributed by atoms with van der Waals surface area (Å²) in [7, 11) is 1.55. The Hall–Kier alpha value is -3.96. The van der Waals surface area contributed by atoms with Crippen LogP contribution in [0.15, 0.2) is 52.2 Å². The molecule has 1 amide bonds. The number of anilines is 1. The molecule has 3 N–H and O–H groups in total. The van der Waals surface area contributed by atoms with Gasteiger partial charge in [0.1, 0.15) is 11.4 Å². The zero-order valence-electron chi connectivity index (χ0n) is 17.3. The number of hydrogen-bond acceptors (Lipinski definition) is 9. The molecule has 4 aromatic rings. The first-order chi connectivity index (χ1) is 15.9. The zero-order valence-corrected chi connectivity index (χ0v) is 18.8. The lowest BCUT2D eigenvalue weighted by molar-refractivity contribution is 0.0950. The van der Waals surface area contributed by atoms with Gasteiger partial charge in [-0.1, -0.05) is 46.6 Å². The maximum atomic E-state index is 13.0. The van der Waals surface area contributed by atoms with Gasteiger partial charge in [0.25, 0.3) is 5.91 Å². The van der Waals surface area contributed by atoms with E-state index in [-0.39, 0.29) is 28.0 Å². The second-order valence-corrected chi connectivity index (χ2v) is 7.45. The zero-order chi connectivity index (χ0) is 23.5. The predicted molar refractivity (Wildman–Crippen MR) is 122 cm³/mol. The van der Waals surface area contributed by atoms with Gasteiger partial charge < -0.3 is 10.5 Å². The normalized spacial score (nSPS) is 11.5. The van der Waals surface area contributed by atoms with Crippen molar-refractivity contribution in [3.8, 4) is 22.8 Å². The first-order valence-electron chi connectivity index (χ1n) is 9.38. The highest BCUT2D eigenvalue weighted by molar-refractivity contribution is 6.42. The quantitative estimate of drug-likeness (QED) is 0.311. The topological polar surface area (TPSA) is 146 Å². The number of carbonyl (C=O) groups excluding carboxylic acids is 1. The van der Waals surface area contributed by atoms with Crippen LogP contribution in [0.1, 0.15) is 23.0 Å². The lowest BCUT2D eigenvalue weighted by Gasteiger charge is -2.09. The molecule has 2 aromatic carbocycles. The average molecular weight is 487 g/mol. The fourth-order valence-corrected chi connectivity index (χ4v) is 3.31. The van der Waals surface area contributed by atoms with E-state index in [1.165, 1.54) is 4.68 Å². The van der Waals surface area contributed by atoms with Crippen LogP contribution in [-0.2, 0) is 0 Å². The average Bonchev–Trinajstić information content (AvgIpc) is 3.45. The Morgan fingerprint density at radius 2 is 1.97 bits per heavy atom. The largest absolute Gasteiger partial charge is 0.496 e.